The molecule has 104 valence electrons. The molecular weight excluding hydrogens is 226 g/mol. The zero-order valence-corrected chi connectivity index (χ0v) is 12.2. The van der Waals surface area contributed by atoms with Gasteiger partial charge in [0, 0.05) is 19.1 Å². The van der Waals surface area contributed by atoms with Crippen molar-refractivity contribution < 1.29 is 0 Å². The molecule has 0 aliphatic carbocycles. The molecule has 5 heteroatoms. The highest BCUT2D eigenvalue weighted by Crippen LogP contribution is 1.98. The maximum Gasteiger partial charge on any atom is 0.140 e. The third kappa shape index (κ3) is 4.74. The molecule has 0 aliphatic heterocycles. The summed E-state index contributed by atoms with van der Waals surface area (Å²) in [6.07, 6.45) is 2.73. The van der Waals surface area contributed by atoms with Crippen molar-refractivity contribution >= 4 is 0 Å². The topological polar surface area (TPSA) is 46.0 Å². The minimum atomic E-state index is 0.469. The average Bonchev–Trinajstić information content (AvgIpc) is 2.81. The van der Waals surface area contributed by atoms with Gasteiger partial charge >= 0.3 is 0 Å². The van der Waals surface area contributed by atoms with Crippen LogP contribution in [0.15, 0.2) is 6.33 Å². The zero-order chi connectivity index (χ0) is 13.4. The molecule has 1 unspecified atom stereocenters. The number of hydrogen-bond donors (Lipinski definition) is 1. The molecule has 1 rings (SSSR count). The van der Waals surface area contributed by atoms with Crippen LogP contribution in [0.5, 0.6) is 0 Å². The Labute approximate surface area is 111 Å². The Morgan fingerprint density at radius 3 is 2.67 bits per heavy atom. The lowest BCUT2D eigenvalue weighted by atomic mass is 10.3. The molecule has 0 amide bonds. The first kappa shape index (κ1) is 15.1. The lowest BCUT2D eigenvalue weighted by Crippen LogP contribution is -2.39. The van der Waals surface area contributed by atoms with Gasteiger partial charge in [-0.3, -0.25) is 0 Å². The van der Waals surface area contributed by atoms with Crippen LogP contribution in [0.4, 0.5) is 0 Å². The maximum absolute atomic E-state index is 4.30. The van der Waals surface area contributed by atoms with Gasteiger partial charge in [0.2, 0.25) is 0 Å². The van der Waals surface area contributed by atoms with Crippen LogP contribution in [-0.2, 0) is 13.1 Å². The Morgan fingerprint density at radius 1 is 1.33 bits per heavy atom. The van der Waals surface area contributed by atoms with Gasteiger partial charge in [0.15, 0.2) is 0 Å². The van der Waals surface area contributed by atoms with E-state index < -0.39 is 0 Å². The number of rotatable bonds is 9. The molecule has 1 atom stereocenters. The van der Waals surface area contributed by atoms with Gasteiger partial charge in [0.25, 0.3) is 0 Å². The molecule has 0 radical (unpaired) electrons. The van der Waals surface area contributed by atoms with Crippen LogP contribution in [0.2, 0.25) is 0 Å². The second-order valence-electron chi connectivity index (χ2n) is 4.67. The van der Waals surface area contributed by atoms with E-state index >= 15 is 0 Å². The van der Waals surface area contributed by atoms with Gasteiger partial charge in [-0.2, -0.15) is 5.10 Å². The van der Waals surface area contributed by atoms with Crippen molar-refractivity contribution in [2.75, 3.05) is 19.6 Å². The standard InChI is InChI=1S/C13H27N5/c1-5-8-18-13(15-11-16-18)9-14-12(4)10-17(6-2)7-3/h11-12,14H,5-10H2,1-4H3. The van der Waals surface area contributed by atoms with Gasteiger partial charge in [-0.25, -0.2) is 9.67 Å². The summed E-state index contributed by atoms with van der Waals surface area (Å²) in [6, 6.07) is 0.469. The summed E-state index contributed by atoms with van der Waals surface area (Å²) >= 11 is 0. The highest BCUT2D eigenvalue weighted by atomic mass is 15.3. The van der Waals surface area contributed by atoms with Crippen LogP contribution in [0, 0.1) is 0 Å². The number of nitrogens with one attached hydrogen (secondary N) is 1. The Bertz CT molecular complexity index is 319. The molecule has 1 heterocycles. The molecule has 0 saturated carbocycles. The van der Waals surface area contributed by atoms with E-state index in [0.717, 1.165) is 45.0 Å². The van der Waals surface area contributed by atoms with Crippen molar-refractivity contribution in [2.24, 2.45) is 0 Å². The van der Waals surface area contributed by atoms with E-state index in [1.54, 1.807) is 6.33 Å². The van der Waals surface area contributed by atoms with Crippen LogP contribution in [0.25, 0.3) is 0 Å². The number of nitrogens with zero attached hydrogens (tertiary/aromatic N) is 4. The summed E-state index contributed by atoms with van der Waals surface area (Å²) < 4.78 is 1.98. The fraction of sp³-hybridized carbons (Fsp3) is 0.846. The van der Waals surface area contributed by atoms with Crippen molar-refractivity contribution in [2.45, 2.75) is 53.2 Å². The predicted octanol–water partition coefficient (Wildman–Crippen LogP) is 1.51. The van der Waals surface area contributed by atoms with E-state index in [-0.39, 0.29) is 0 Å². The van der Waals surface area contributed by atoms with E-state index in [9.17, 15) is 0 Å². The molecule has 0 aliphatic rings. The van der Waals surface area contributed by atoms with E-state index in [1.165, 1.54) is 0 Å². The van der Waals surface area contributed by atoms with Gasteiger partial charge in [-0.1, -0.05) is 20.8 Å². The summed E-state index contributed by atoms with van der Waals surface area (Å²) in [5.74, 6) is 1.03. The minimum Gasteiger partial charge on any atom is -0.306 e. The van der Waals surface area contributed by atoms with Crippen LogP contribution >= 0.6 is 0 Å². The summed E-state index contributed by atoms with van der Waals surface area (Å²) in [5, 5.41) is 7.75. The number of aromatic nitrogens is 3. The second kappa shape index (κ2) is 8.21. The Hall–Kier alpha value is -0.940. The SMILES string of the molecule is CCCn1ncnc1CNC(C)CN(CC)CC. The van der Waals surface area contributed by atoms with Crippen molar-refractivity contribution in [3.63, 3.8) is 0 Å². The van der Waals surface area contributed by atoms with Crippen molar-refractivity contribution in [1.29, 1.82) is 0 Å². The molecule has 1 aromatic rings. The molecule has 0 spiro atoms. The molecule has 0 fully saturated rings. The van der Waals surface area contributed by atoms with Crippen LogP contribution in [0.1, 0.15) is 39.9 Å². The summed E-state index contributed by atoms with van der Waals surface area (Å²) in [6.45, 7) is 13.8. The quantitative estimate of drug-likeness (QED) is 0.724. The van der Waals surface area contributed by atoms with E-state index in [2.05, 4.69) is 48.0 Å². The normalized spacial score (nSPS) is 13.2. The minimum absolute atomic E-state index is 0.469. The van der Waals surface area contributed by atoms with Crippen molar-refractivity contribution in [3.05, 3.63) is 12.2 Å². The Kier molecular flexibility index (Phi) is 6.90. The largest absolute Gasteiger partial charge is 0.306 e. The van der Waals surface area contributed by atoms with Gasteiger partial charge < -0.3 is 10.2 Å². The monoisotopic (exact) mass is 253 g/mol. The molecule has 5 nitrogen and oxygen atoms in total. The Morgan fingerprint density at radius 2 is 2.06 bits per heavy atom. The summed E-state index contributed by atoms with van der Waals surface area (Å²) in [7, 11) is 0. The smallest absolute Gasteiger partial charge is 0.140 e. The van der Waals surface area contributed by atoms with Crippen molar-refractivity contribution in [3.8, 4) is 0 Å². The maximum atomic E-state index is 4.30. The molecule has 1 N–H and O–H groups in total. The second-order valence-corrected chi connectivity index (χ2v) is 4.67. The number of aryl methyl sites for hydroxylation is 1. The molecule has 0 saturated heterocycles. The highest BCUT2D eigenvalue weighted by Gasteiger charge is 2.09. The van der Waals surface area contributed by atoms with Crippen LogP contribution < -0.4 is 5.32 Å². The molecule has 18 heavy (non-hydrogen) atoms. The summed E-state index contributed by atoms with van der Waals surface area (Å²) in [5.41, 5.74) is 0. The van der Waals surface area contributed by atoms with E-state index in [0.29, 0.717) is 6.04 Å². The first-order valence-electron chi connectivity index (χ1n) is 7.03. The fourth-order valence-electron chi connectivity index (χ4n) is 2.02. The van der Waals surface area contributed by atoms with Crippen LogP contribution in [-0.4, -0.2) is 45.3 Å². The van der Waals surface area contributed by atoms with E-state index in [4.69, 9.17) is 0 Å². The first-order valence-corrected chi connectivity index (χ1v) is 7.03. The molecule has 0 bridgehead atoms. The first-order chi connectivity index (χ1) is 8.71. The lowest BCUT2D eigenvalue weighted by molar-refractivity contribution is 0.269. The van der Waals surface area contributed by atoms with Gasteiger partial charge in [0.05, 0.1) is 6.54 Å². The lowest BCUT2D eigenvalue weighted by Gasteiger charge is -2.23. The van der Waals surface area contributed by atoms with Crippen LogP contribution in [0.3, 0.4) is 0 Å². The van der Waals surface area contributed by atoms with E-state index in [1.807, 2.05) is 4.68 Å². The van der Waals surface area contributed by atoms with Gasteiger partial charge in [-0.05, 0) is 26.4 Å². The zero-order valence-electron chi connectivity index (χ0n) is 12.2. The summed E-state index contributed by atoms with van der Waals surface area (Å²) in [4.78, 5) is 6.73. The van der Waals surface area contributed by atoms with Gasteiger partial charge in [-0.15, -0.1) is 0 Å². The third-order valence-electron chi connectivity index (χ3n) is 3.17. The van der Waals surface area contributed by atoms with Crippen molar-refractivity contribution in [1.82, 2.24) is 25.0 Å². The average molecular weight is 253 g/mol. The Balaban J connectivity index is 2.37. The third-order valence-corrected chi connectivity index (χ3v) is 3.17. The number of hydrogen-bond acceptors (Lipinski definition) is 4. The molecule has 0 aromatic carbocycles. The highest BCUT2D eigenvalue weighted by molar-refractivity contribution is 4.84. The number of likely N-dealkylation sites (N-methyl/N-ethyl adjacent to an activating group) is 1. The molecule has 1 aromatic heterocycles. The molecular formula is C13H27N5. The fourth-order valence-corrected chi connectivity index (χ4v) is 2.02. The predicted molar refractivity (Wildman–Crippen MR) is 74.4 cm³/mol. The van der Waals surface area contributed by atoms with Gasteiger partial charge in [0.1, 0.15) is 12.2 Å².